The lowest BCUT2D eigenvalue weighted by molar-refractivity contribution is 0.101. The molecule has 0 spiro atoms. The van der Waals surface area contributed by atoms with E-state index in [0.717, 1.165) is 22.9 Å². The first-order valence-corrected chi connectivity index (χ1v) is 8.77. The lowest BCUT2D eigenvalue weighted by Crippen LogP contribution is -2.39. The van der Waals surface area contributed by atoms with Crippen LogP contribution in [0.25, 0.3) is 0 Å². The molecule has 2 fully saturated rings. The van der Waals surface area contributed by atoms with Gasteiger partial charge in [-0.3, -0.25) is 4.79 Å². The number of fused-ring (bicyclic) bond motifs is 2. The summed E-state index contributed by atoms with van der Waals surface area (Å²) in [6.07, 6.45) is 3.71. The Morgan fingerprint density at radius 2 is 1.87 bits per heavy atom. The van der Waals surface area contributed by atoms with Gasteiger partial charge in [-0.1, -0.05) is 20.8 Å². The minimum atomic E-state index is 0.0858. The highest BCUT2D eigenvalue weighted by atomic mass is 32.1. The number of ketones is 1. The Kier molecular flexibility index (Phi) is 3.99. The first-order valence-electron chi connectivity index (χ1n) is 8.36. The fourth-order valence-electron chi connectivity index (χ4n) is 4.68. The van der Waals surface area contributed by atoms with Gasteiger partial charge in [-0.05, 0) is 73.5 Å². The molecule has 1 N–H and O–H groups in total. The Morgan fingerprint density at radius 1 is 1.22 bits per heavy atom. The third kappa shape index (κ3) is 3.42. The molecule has 3 nitrogen and oxygen atoms in total. The number of hydrogen-bond acceptors (Lipinski definition) is 2. The summed E-state index contributed by atoms with van der Waals surface area (Å²) in [4.78, 5) is 13.7. The van der Waals surface area contributed by atoms with Gasteiger partial charge in [0.05, 0.1) is 0 Å². The number of carbonyl (C=O) groups excluding carboxylic acids is 1. The number of rotatable bonds is 2. The van der Waals surface area contributed by atoms with Crippen molar-refractivity contribution in [1.29, 1.82) is 0 Å². The third-order valence-electron chi connectivity index (χ3n) is 5.22. The highest BCUT2D eigenvalue weighted by Gasteiger charge is 2.50. The van der Waals surface area contributed by atoms with E-state index >= 15 is 0 Å². The van der Waals surface area contributed by atoms with Crippen molar-refractivity contribution in [3.63, 3.8) is 0 Å². The van der Waals surface area contributed by atoms with Gasteiger partial charge in [-0.25, -0.2) is 0 Å². The van der Waals surface area contributed by atoms with Crippen LogP contribution in [0.2, 0.25) is 0 Å². The molecule has 124 valence electrons. The van der Waals surface area contributed by atoms with E-state index in [9.17, 15) is 4.79 Å². The molecule has 1 saturated heterocycles. The van der Waals surface area contributed by atoms with Crippen molar-refractivity contribution >= 4 is 28.8 Å². The number of thiocarbonyl (C=S) groups is 1. The Hall–Kier alpha value is -1.42. The maximum Gasteiger partial charge on any atom is 0.173 e. The topological polar surface area (TPSA) is 32.3 Å². The molecule has 0 unspecified atom stereocenters. The number of anilines is 1. The van der Waals surface area contributed by atoms with Gasteiger partial charge in [0.15, 0.2) is 10.9 Å². The molecule has 0 radical (unpaired) electrons. The first kappa shape index (κ1) is 16.4. The van der Waals surface area contributed by atoms with Gasteiger partial charge in [0.25, 0.3) is 0 Å². The molecule has 2 atom stereocenters. The largest absolute Gasteiger partial charge is 0.345 e. The number of carbonyl (C=O) groups is 1. The predicted octanol–water partition coefficient (Wildman–Crippen LogP) is 4.49. The zero-order chi connectivity index (χ0) is 16.8. The van der Waals surface area contributed by atoms with Gasteiger partial charge in [0.2, 0.25) is 0 Å². The van der Waals surface area contributed by atoms with Crippen molar-refractivity contribution in [2.75, 3.05) is 11.9 Å². The van der Waals surface area contributed by atoms with E-state index in [1.165, 1.54) is 19.3 Å². The normalized spacial score (nSPS) is 28.5. The Bertz CT molecular complexity index is 637. The van der Waals surface area contributed by atoms with Crippen LogP contribution in [0.1, 0.15) is 57.3 Å². The lowest BCUT2D eigenvalue weighted by Gasteiger charge is -2.39. The van der Waals surface area contributed by atoms with Gasteiger partial charge >= 0.3 is 0 Å². The number of hydrogen-bond donors (Lipinski definition) is 1. The molecule has 0 amide bonds. The molecule has 2 bridgehead atoms. The summed E-state index contributed by atoms with van der Waals surface area (Å²) in [7, 11) is 0. The number of nitrogens with zero attached hydrogens (tertiary/aromatic N) is 1. The quantitative estimate of drug-likeness (QED) is 0.640. The highest BCUT2D eigenvalue weighted by molar-refractivity contribution is 7.80. The fourth-order valence-corrected chi connectivity index (χ4v) is 5.01. The second kappa shape index (κ2) is 5.59. The summed E-state index contributed by atoms with van der Waals surface area (Å²) in [5, 5.41) is 4.17. The van der Waals surface area contributed by atoms with Gasteiger partial charge in [-0.2, -0.15) is 0 Å². The molecule has 1 heterocycles. The van der Waals surface area contributed by atoms with Crippen LogP contribution >= 0.6 is 12.2 Å². The predicted molar refractivity (Wildman–Crippen MR) is 98.9 cm³/mol. The van der Waals surface area contributed by atoms with Gasteiger partial charge in [-0.15, -0.1) is 0 Å². The molecule has 3 rings (SSSR count). The van der Waals surface area contributed by atoms with Crippen molar-refractivity contribution in [2.45, 2.75) is 53.0 Å². The fraction of sp³-hybridized carbons (Fsp3) is 0.579. The second-order valence-electron chi connectivity index (χ2n) is 8.41. The van der Waals surface area contributed by atoms with Crippen LogP contribution in [0.5, 0.6) is 0 Å². The van der Waals surface area contributed by atoms with E-state index in [0.29, 0.717) is 16.9 Å². The smallest absolute Gasteiger partial charge is 0.173 e. The SMILES string of the molecule is CC(=O)c1ccc(NC(=S)N2C[C@@]3(C)C[C@H]2CC(C)(C)C3)cc1. The summed E-state index contributed by atoms with van der Waals surface area (Å²) in [6, 6.07) is 8.09. The molecule has 2 aliphatic rings. The monoisotopic (exact) mass is 330 g/mol. The van der Waals surface area contributed by atoms with Crippen molar-refractivity contribution in [1.82, 2.24) is 4.90 Å². The van der Waals surface area contributed by atoms with Crippen molar-refractivity contribution in [3.05, 3.63) is 29.8 Å². The number of likely N-dealkylation sites (tertiary alicyclic amines) is 1. The average Bonchev–Trinajstić information content (AvgIpc) is 2.68. The zero-order valence-electron chi connectivity index (χ0n) is 14.5. The van der Waals surface area contributed by atoms with E-state index < -0.39 is 0 Å². The van der Waals surface area contributed by atoms with Crippen molar-refractivity contribution < 1.29 is 4.79 Å². The van der Waals surface area contributed by atoms with E-state index in [4.69, 9.17) is 12.2 Å². The maximum atomic E-state index is 11.4. The summed E-state index contributed by atoms with van der Waals surface area (Å²) >= 11 is 5.68. The van der Waals surface area contributed by atoms with Crippen LogP contribution in [0.3, 0.4) is 0 Å². The lowest BCUT2D eigenvalue weighted by atomic mass is 9.65. The van der Waals surface area contributed by atoms with Crippen LogP contribution < -0.4 is 5.32 Å². The summed E-state index contributed by atoms with van der Waals surface area (Å²) in [6.45, 7) is 9.76. The molecule has 23 heavy (non-hydrogen) atoms. The first-order chi connectivity index (χ1) is 10.7. The number of benzene rings is 1. The van der Waals surface area contributed by atoms with Crippen molar-refractivity contribution in [2.24, 2.45) is 10.8 Å². The van der Waals surface area contributed by atoms with Crippen LogP contribution in [-0.2, 0) is 0 Å². The molecule has 1 aliphatic carbocycles. The minimum Gasteiger partial charge on any atom is -0.345 e. The molecule has 1 aromatic carbocycles. The third-order valence-corrected chi connectivity index (χ3v) is 5.55. The summed E-state index contributed by atoms with van der Waals surface area (Å²) < 4.78 is 0. The Balaban J connectivity index is 1.70. The summed E-state index contributed by atoms with van der Waals surface area (Å²) in [5.74, 6) is 0.0858. The Morgan fingerprint density at radius 3 is 2.48 bits per heavy atom. The van der Waals surface area contributed by atoms with E-state index in [-0.39, 0.29) is 5.78 Å². The van der Waals surface area contributed by atoms with Gasteiger partial charge in [0, 0.05) is 23.8 Å². The van der Waals surface area contributed by atoms with Crippen LogP contribution in [0.15, 0.2) is 24.3 Å². The zero-order valence-corrected chi connectivity index (χ0v) is 15.3. The number of Topliss-reactive ketones (excluding diaryl/α,β-unsaturated/α-hetero) is 1. The number of nitrogens with one attached hydrogen (secondary N) is 1. The van der Waals surface area contributed by atoms with E-state index in [1.54, 1.807) is 6.92 Å². The van der Waals surface area contributed by atoms with E-state index in [2.05, 4.69) is 31.0 Å². The molecule has 1 aliphatic heterocycles. The average molecular weight is 330 g/mol. The molecule has 1 saturated carbocycles. The molecule has 1 aromatic rings. The van der Waals surface area contributed by atoms with E-state index in [1.807, 2.05) is 24.3 Å². The molecular weight excluding hydrogens is 304 g/mol. The maximum absolute atomic E-state index is 11.4. The van der Waals surface area contributed by atoms with Gasteiger partial charge in [0.1, 0.15) is 0 Å². The Labute approximate surface area is 144 Å². The minimum absolute atomic E-state index is 0.0858. The van der Waals surface area contributed by atoms with Crippen LogP contribution in [-0.4, -0.2) is 28.4 Å². The standard InChI is InChI=1S/C19H26N2OS/c1-13(22)14-5-7-15(8-6-14)20-17(23)21-12-19(4)10-16(21)9-18(2,3)11-19/h5-8,16H,9-12H2,1-4H3,(H,20,23)/t16-,19+/m1/s1. The van der Waals surface area contributed by atoms with Gasteiger partial charge < -0.3 is 10.2 Å². The van der Waals surface area contributed by atoms with Crippen LogP contribution in [0, 0.1) is 10.8 Å². The molecular formula is C19H26N2OS. The second-order valence-corrected chi connectivity index (χ2v) is 8.79. The van der Waals surface area contributed by atoms with Crippen molar-refractivity contribution in [3.8, 4) is 0 Å². The molecule has 4 heteroatoms. The van der Waals surface area contributed by atoms with Crippen LogP contribution in [0.4, 0.5) is 5.69 Å². The summed E-state index contributed by atoms with van der Waals surface area (Å²) in [5.41, 5.74) is 2.44. The highest BCUT2D eigenvalue weighted by Crippen LogP contribution is 2.52. The molecule has 0 aromatic heterocycles.